The molecule has 1 aromatic rings. The zero-order valence-electron chi connectivity index (χ0n) is 12.9. The summed E-state index contributed by atoms with van der Waals surface area (Å²) in [5, 5.41) is 0. The molecule has 1 fully saturated rings. The molecule has 1 atom stereocenters. The number of esters is 2. The zero-order valence-corrected chi connectivity index (χ0v) is 12.9. The Morgan fingerprint density at radius 1 is 1.23 bits per heavy atom. The van der Waals surface area contributed by atoms with Gasteiger partial charge in [0.25, 0.3) is 0 Å². The van der Waals surface area contributed by atoms with E-state index in [0.29, 0.717) is 19.4 Å². The van der Waals surface area contributed by atoms with Crippen LogP contribution in [0.1, 0.15) is 44.6 Å². The van der Waals surface area contributed by atoms with E-state index in [-0.39, 0.29) is 13.0 Å². The highest BCUT2D eigenvalue weighted by Gasteiger charge is 2.46. The first-order valence-electron chi connectivity index (χ1n) is 7.73. The minimum absolute atomic E-state index is 0.135. The van der Waals surface area contributed by atoms with Gasteiger partial charge in [0.2, 0.25) is 0 Å². The van der Waals surface area contributed by atoms with Crippen LogP contribution < -0.4 is 0 Å². The molecule has 120 valence electrons. The maximum absolute atomic E-state index is 12.4. The maximum Gasteiger partial charge on any atom is 0.380 e. The van der Waals surface area contributed by atoms with Gasteiger partial charge in [0.1, 0.15) is 6.61 Å². The Labute approximate surface area is 130 Å². The highest BCUT2D eigenvalue weighted by molar-refractivity contribution is 5.82. The van der Waals surface area contributed by atoms with Crippen LogP contribution in [0.3, 0.4) is 0 Å². The van der Waals surface area contributed by atoms with Crippen molar-refractivity contribution in [3.63, 3.8) is 0 Å². The summed E-state index contributed by atoms with van der Waals surface area (Å²) in [6.45, 7) is 2.40. The predicted molar refractivity (Wildman–Crippen MR) is 79.8 cm³/mol. The largest absolute Gasteiger partial charge is 0.456 e. The van der Waals surface area contributed by atoms with Crippen molar-refractivity contribution in [2.24, 2.45) is 0 Å². The van der Waals surface area contributed by atoms with Crippen molar-refractivity contribution in [2.45, 2.75) is 51.4 Å². The third-order valence-electron chi connectivity index (χ3n) is 3.49. The summed E-state index contributed by atoms with van der Waals surface area (Å²) in [6.07, 6.45) is 2.88. The van der Waals surface area contributed by atoms with Crippen molar-refractivity contribution in [2.75, 3.05) is 6.61 Å². The second-order valence-corrected chi connectivity index (χ2v) is 5.34. The van der Waals surface area contributed by atoms with Gasteiger partial charge in [-0.15, -0.1) is 0 Å². The van der Waals surface area contributed by atoms with E-state index in [4.69, 9.17) is 14.2 Å². The first kappa shape index (κ1) is 16.5. The van der Waals surface area contributed by atoms with Crippen molar-refractivity contribution in [1.82, 2.24) is 0 Å². The summed E-state index contributed by atoms with van der Waals surface area (Å²) >= 11 is 0. The predicted octanol–water partition coefficient (Wildman–Crippen LogP) is 2.97. The molecule has 0 amide bonds. The highest BCUT2D eigenvalue weighted by Crippen LogP contribution is 2.29. The van der Waals surface area contributed by atoms with Gasteiger partial charge < -0.3 is 14.2 Å². The Morgan fingerprint density at radius 2 is 2.00 bits per heavy atom. The van der Waals surface area contributed by atoms with E-state index in [2.05, 4.69) is 0 Å². The molecule has 1 heterocycles. The number of carbonyl (C=O) groups excluding carboxylic acids is 2. The molecule has 0 spiro atoms. The smallest absolute Gasteiger partial charge is 0.380 e. The first-order chi connectivity index (χ1) is 10.7. The van der Waals surface area contributed by atoms with E-state index in [9.17, 15) is 9.59 Å². The standard InChI is InChI=1S/C17H22O5/c1-2-8-15(18)22-17(11-6-7-12-21-17)16(19)20-13-14-9-4-3-5-10-14/h3-5,9-10H,2,6-8,11-13H2,1H3. The molecule has 1 unspecified atom stereocenters. The van der Waals surface area contributed by atoms with Crippen LogP contribution in [0.5, 0.6) is 0 Å². The third kappa shape index (κ3) is 4.31. The van der Waals surface area contributed by atoms with Crippen LogP contribution >= 0.6 is 0 Å². The molecule has 0 saturated carbocycles. The topological polar surface area (TPSA) is 61.8 Å². The number of carbonyl (C=O) groups is 2. The Bertz CT molecular complexity index is 491. The molecular weight excluding hydrogens is 284 g/mol. The molecular formula is C17H22O5. The van der Waals surface area contributed by atoms with Crippen LogP contribution in [0, 0.1) is 0 Å². The minimum Gasteiger partial charge on any atom is -0.456 e. The Hall–Kier alpha value is -1.88. The lowest BCUT2D eigenvalue weighted by atomic mass is 10.1. The van der Waals surface area contributed by atoms with Gasteiger partial charge in [-0.1, -0.05) is 37.3 Å². The lowest BCUT2D eigenvalue weighted by Gasteiger charge is -2.33. The SMILES string of the molecule is CCCC(=O)OC1(C(=O)OCc2ccccc2)CCCCO1. The van der Waals surface area contributed by atoms with Gasteiger partial charge in [0.15, 0.2) is 0 Å². The summed E-state index contributed by atoms with van der Waals surface area (Å²) in [4.78, 5) is 24.2. The maximum atomic E-state index is 12.4. The number of hydrogen-bond acceptors (Lipinski definition) is 5. The normalized spacial score (nSPS) is 21.1. The number of hydrogen-bond donors (Lipinski definition) is 0. The first-order valence-corrected chi connectivity index (χ1v) is 7.73. The van der Waals surface area contributed by atoms with Gasteiger partial charge in [-0.3, -0.25) is 4.79 Å². The Balaban J connectivity index is 2.01. The molecule has 5 nitrogen and oxygen atoms in total. The zero-order chi connectivity index (χ0) is 15.8. The van der Waals surface area contributed by atoms with Gasteiger partial charge in [-0.25, -0.2) is 4.79 Å². The summed E-state index contributed by atoms with van der Waals surface area (Å²) in [5.41, 5.74) is 0.877. The van der Waals surface area contributed by atoms with Crippen molar-refractivity contribution >= 4 is 11.9 Å². The van der Waals surface area contributed by atoms with Gasteiger partial charge in [0, 0.05) is 12.8 Å². The summed E-state index contributed by atoms with van der Waals surface area (Å²) in [7, 11) is 0. The average molecular weight is 306 g/mol. The van der Waals surface area contributed by atoms with E-state index in [0.717, 1.165) is 18.4 Å². The van der Waals surface area contributed by atoms with Gasteiger partial charge in [-0.05, 0) is 24.8 Å². The number of benzene rings is 1. The quantitative estimate of drug-likeness (QED) is 0.756. The van der Waals surface area contributed by atoms with Crippen LogP contribution in [0.2, 0.25) is 0 Å². The van der Waals surface area contributed by atoms with E-state index in [1.807, 2.05) is 37.3 Å². The highest BCUT2D eigenvalue weighted by atomic mass is 16.7. The van der Waals surface area contributed by atoms with Crippen LogP contribution in [0.25, 0.3) is 0 Å². The fourth-order valence-corrected chi connectivity index (χ4v) is 2.32. The average Bonchev–Trinajstić information content (AvgIpc) is 2.54. The summed E-state index contributed by atoms with van der Waals surface area (Å²) < 4.78 is 16.2. The van der Waals surface area contributed by atoms with Gasteiger partial charge in [0.05, 0.1) is 6.61 Å². The van der Waals surface area contributed by atoms with Crippen molar-refractivity contribution in [1.29, 1.82) is 0 Å². The monoisotopic (exact) mass is 306 g/mol. The lowest BCUT2D eigenvalue weighted by Crippen LogP contribution is -2.49. The molecule has 1 aliphatic heterocycles. The van der Waals surface area contributed by atoms with Crippen LogP contribution in [0.4, 0.5) is 0 Å². The Morgan fingerprint density at radius 3 is 2.64 bits per heavy atom. The molecule has 2 rings (SSSR count). The molecule has 0 bridgehead atoms. The van der Waals surface area contributed by atoms with E-state index in [1.54, 1.807) is 0 Å². The molecule has 0 aromatic heterocycles. The molecule has 1 saturated heterocycles. The summed E-state index contributed by atoms with van der Waals surface area (Å²) in [6, 6.07) is 9.37. The number of ether oxygens (including phenoxy) is 3. The molecule has 0 N–H and O–H groups in total. The fourth-order valence-electron chi connectivity index (χ4n) is 2.32. The molecule has 1 aromatic carbocycles. The number of rotatable bonds is 6. The second kappa shape index (κ2) is 7.94. The van der Waals surface area contributed by atoms with Crippen molar-refractivity contribution in [3.05, 3.63) is 35.9 Å². The van der Waals surface area contributed by atoms with E-state index >= 15 is 0 Å². The molecule has 22 heavy (non-hydrogen) atoms. The Kier molecular flexibility index (Phi) is 5.95. The molecule has 1 aliphatic rings. The van der Waals surface area contributed by atoms with Crippen molar-refractivity contribution < 1.29 is 23.8 Å². The minimum atomic E-state index is -1.57. The lowest BCUT2D eigenvalue weighted by molar-refractivity contribution is -0.255. The van der Waals surface area contributed by atoms with Gasteiger partial charge in [-0.2, -0.15) is 0 Å². The third-order valence-corrected chi connectivity index (χ3v) is 3.49. The van der Waals surface area contributed by atoms with Crippen LogP contribution in [-0.2, 0) is 30.4 Å². The second-order valence-electron chi connectivity index (χ2n) is 5.34. The fraction of sp³-hybridized carbons (Fsp3) is 0.529. The van der Waals surface area contributed by atoms with Crippen LogP contribution in [0.15, 0.2) is 30.3 Å². The summed E-state index contributed by atoms with van der Waals surface area (Å²) in [5.74, 6) is -2.62. The van der Waals surface area contributed by atoms with Crippen molar-refractivity contribution in [3.8, 4) is 0 Å². The van der Waals surface area contributed by atoms with E-state index < -0.39 is 17.7 Å². The van der Waals surface area contributed by atoms with E-state index in [1.165, 1.54) is 0 Å². The molecule has 0 radical (unpaired) electrons. The molecule has 0 aliphatic carbocycles. The van der Waals surface area contributed by atoms with Crippen LogP contribution in [-0.4, -0.2) is 24.3 Å². The molecule has 5 heteroatoms. The van der Waals surface area contributed by atoms with Gasteiger partial charge >= 0.3 is 17.7 Å².